The average Bonchev–Trinajstić information content (AvgIpc) is 3.43. The number of likely N-dealkylation sites (tertiary alicyclic amines) is 1. The third kappa shape index (κ3) is 6.27. The molecular weight excluding hydrogens is 470 g/mol. The van der Waals surface area contributed by atoms with E-state index in [0.29, 0.717) is 36.4 Å². The van der Waals surface area contributed by atoms with Gasteiger partial charge in [-0.2, -0.15) is 0 Å². The molecule has 3 aromatic rings. The number of ether oxygens (including phenoxy) is 2. The van der Waals surface area contributed by atoms with Gasteiger partial charge in [-0.3, -0.25) is 14.5 Å². The number of nitrogens with zero attached hydrogens (tertiary/aromatic N) is 2. The Morgan fingerprint density at radius 1 is 0.973 bits per heavy atom. The lowest BCUT2D eigenvalue weighted by atomic mass is 10.0. The summed E-state index contributed by atoms with van der Waals surface area (Å²) in [7, 11) is 3.17. The third-order valence-corrected chi connectivity index (χ3v) is 6.43. The number of hydrogen-bond acceptors (Lipinski definition) is 5. The van der Waals surface area contributed by atoms with Crippen molar-refractivity contribution >= 4 is 23.6 Å². The number of anilines is 1. The Balaban J connectivity index is 1.49. The van der Waals surface area contributed by atoms with E-state index in [-0.39, 0.29) is 18.4 Å². The zero-order valence-electron chi connectivity index (χ0n) is 21.0. The van der Waals surface area contributed by atoms with Crippen LogP contribution in [0.3, 0.4) is 0 Å². The van der Waals surface area contributed by atoms with Gasteiger partial charge in [0.15, 0.2) is 0 Å². The monoisotopic (exact) mass is 501 g/mol. The standard InChI is InChI=1S/C29H31N3O5/c1-31(28(34)25-14-9-19-32(25)29(35)37-20-21-10-5-3-6-11-21)26(22-12-7-4-8-13-22)27(33)30-23-15-17-24(36-2)18-16-23/h3-8,10-13,15-18,25-26H,9,14,19-20H2,1-2H3,(H,30,33)/t25-,26+/m0/s1. The van der Waals surface area contributed by atoms with E-state index in [1.807, 2.05) is 60.7 Å². The Morgan fingerprint density at radius 3 is 2.27 bits per heavy atom. The third-order valence-electron chi connectivity index (χ3n) is 6.43. The first kappa shape index (κ1) is 25.8. The van der Waals surface area contributed by atoms with Crippen LogP contribution in [0.5, 0.6) is 5.75 Å². The molecule has 0 saturated carbocycles. The molecule has 3 aromatic carbocycles. The van der Waals surface area contributed by atoms with Crippen molar-refractivity contribution in [3.63, 3.8) is 0 Å². The summed E-state index contributed by atoms with van der Waals surface area (Å²) in [5.74, 6) is 0.00157. The van der Waals surface area contributed by atoms with E-state index in [0.717, 1.165) is 5.56 Å². The Morgan fingerprint density at radius 2 is 1.62 bits per heavy atom. The van der Waals surface area contributed by atoms with Gasteiger partial charge in [0.25, 0.3) is 5.91 Å². The highest BCUT2D eigenvalue weighted by atomic mass is 16.6. The Hall–Kier alpha value is -4.33. The van der Waals surface area contributed by atoms with Gasteiger partial charge in [-0.05, 0) is 48.2 Å². The highest BCUT2D eigenvalue weighted by Crippen LogP contribution is 2.27. The minimum absolute atomic E-state index is 0.129. The summed E-state index contributed by atoms with van der Waals surface area (Å²) in [4.78, 5) is 42.9. The van der Waals surface area contributed by atoms with Crippen LogP contribution in [-0.4, -0.2) is 54.5 Å². The van der Waals surface area contributed by atoms with Gasteiger partial charge in [0.05, 0.1) is 7.11 Å². The molecule has 0 unspecified atom stereocenters. The molecule has 2 atom stereocenters. The lowest BCUT2D eigenvalue weighted by Gasteiger charge is -2.32. The number of methoxy groups -OCH3 is 1. The molecule has 1 heterocycles. The van der Waals surface area contributed by atoms with Crippen molar-refractivity contribution in [3.05, 3.63) is 96.1 Å². The summed E-state index contributed by atoms with van der Waals surface area (Å²) in [6.45, 7) is 0.551. The lowest BCUT2D eigenvalue weighted by molar-refractivity contribution is -0.140. The SMILES string of the molecule is COc1ccc(NC(=O)[C@@H](c2ccccc2)N(C)C(=O)[C@@H]2CCCN2C(=O)OCc2ccccc2)cc1. The maximum atomic E-state index is 13.7. The van der Waals surface area contributed by atoms with Crippen molar-refractivity contribution in [3.8, 4) is 5.75 Å². The van der Waals surface area contributed by atoms with E-state index in [2.05, 4.69) is 5.32 Å². The van der Waals surface area contributed by atoms with Crippen LogP contribution in [0.1, 0.15) is 30.0 Å². The molecule has 0 spiro atoms. The van der Waals surface area contributed by atoms with Crippen molar-refractivity contribution in [1.29, 1.82) is 0 Å². The number of hydrogen-bond donors (Lipinski definition) is 1. The van der Waals surface area contributed by atoms with Crippen LogP contribution < -0.4 is 10.1 Å². The van der Waals surface area contributed by atoms with Crippen LogP contribution >= 0.6 is 0 Å². The summed E-state index contributed by atoms with van der Waals surface area (Å²) in [6, 6.07) is 23.9. The molecule has 8 heteroatoms. The number of benzene rings is 3. The van der Waals surface area contributed by atoms with E-state index < -0.39 is 18.2 Å². The molecule has 4 rings (SSSR count). The summed E-state index contributed by atoms with van der Waals surface area (Å²) in [5.41, 5.74) is 2.12. The van der Waals surface area contributed by atoms with Crippen molar-refractivity contribution in [2.45, 2.75) is 31.5 Å². The quantitative estimate of drug-likeness (QED) is 0.486. The molecule has 8 nitrogen and oxygen atoms in total. The molecule has 1 aliphatic heterocycles. The number of likely N-dealkylation sites (N-methyl/N-ethyl adjacent to an activating group) is 1. The Labute approximate surface area is 216 Å². The lowest BCUT2D eigenvalue weighted by Crippen LogP contribution is -2.49. The topological polar surface area (TPSA) is 88.2 Å². The van der Waals surface area contributed by atoms with E-state index in [9.17, 15) is 14.4 Å². The van der Waals surface area contributed by atoms with Crippen LogP contribution in [0, 0.1) is 0 Å². The maximum absolute atomic E-state index is 13.7. The smallest absolute Gasteiger partial charge is 0.410 e. The van der Waals surface area contributed by atoms with Gasteiger partial charge in [-0.1, -0.05) is 60.7 Å². The second kappa shape index (κ2) is 12.1. The molecule has 1 aliphatic rings. The molecule has 1 saturated heterocycles. The van der Waals surface area contributed by atoms with Crippen molar-refractivity contribution in [1.82, 2.24) is 9.80 Å². The van der Waals surface area contributed by atoms with E-state index in [4.69, 9.17) is 9.47 Å². The number of amides is 3. The van der Waals surface area contributed by atoms with E-state index in [1.54, 1.807) is 38.4 Å². The molecule has 3 amide bonds. The van der Waals surface area contributed by atoms with Crippen LogP contribution in [-0.2, 0) is 20.9 Å². The molecule has 0 aliphatic carbocycles. The molecule has 1 N–H and O–H groups in total. The van der Waals surface area contributed by atoms with Gasteiger partial charge in [-0.25, -0.2) is 4.79 Å². The molecule has 0 radical (unpaired) electrons. The summed E-state index contributed by atoms with van der Waals surface area (Å²) >= 11 is 0. The molecule has 1 fully saturated rings. The molecule has 37 heavy (non-hydrogen) atoms. The van der Waals surface area contributed by atoms with Crippen LogP contribution in [0.4, 0.5) is 10.5 Å². The van der Waals surface area contributed by atoms with Crippen molar-refractivity contribution in [2.75, 3.05) is 26.0 Å². The first-order chi connectivity index (χ1) is 18.0. The fourth-order valence-electron chi connectivity index (χ4n) is 4.48. The van der Waals surface area contributed by atoms with Gasteiger partial charge >= 0.3 is 6.09 Å². The van der Waals surface area contributed by atoms with Crippen molar-refractivity contribution < 1.29 is 23.9 Å². The zero-order chi connectivity index (χ0) is 26.2. The first-order valence-corrected chi connectivity index (χ1v) is 12.2. The predicted octanol–water partition coefficient (Wildman–Crippen LogP) is 4.63. The Kier molecular flexibility index (Phi) is 8.40. The van der Waals surface area contributed by atoms with E-state index in [1.165, 1.54) is 9.80 Å². The second-order valence-electron chi connectivity index (χ2n) is 8.87. The van der Waals surface area contributed by atoms with Gasteiger partial charge in [-0.15, -0.1) is 0 Å². The minimum Gasteiger partial charge on any atom is -0.497 e. The van der Waals surface area contributed by atoms with Crippen LogP contribution in [0.2, 0.25) is 0 Å². The Bertz CT molecular complexity index is 1200. The van der Waals surface area contributed by atoms with Gasteiger partial charge in [0, 0.05) is 19.3 Å². The summed E-state index contributed by atoms with van der Waals surface area (Å²) in [5, 5.41) is 2.90. The predicted molar refractivity (Wildman–Crippen MR) is 140 cm³/mol. The normalized spacial score (nSPS) is 15.5. The summed E-state index contributed by atoms with van der Waals surface area (Å²) < 4.78 is 10.7. The van der Waals surface area contributed by atoms with Gasteiger partial charge in [0.1, 0.15) is 24.4 Å². The van der Waals surface area contributed by atoms with Gasteiger partial charge < -0.3 is 19.7 Å². The fourth-order valence-corrected chi connectivity index (χ4v) is 4.48. The van der Waals surface area contributed by atoms with Crippen molar-refractivity contribution in [2.24, 2.45) is 0 Å². The second-order valence-corrected chi connectivity index (χ2v) is 8.87. The largest absolute Gasteiger partial charge is 0.497 e. The van der Waals surface area contributed by atoms with Gasteiger partial charge in [0.2, 0.25) is 5.91 Å². The molecule has 0 bridgehead atoms. The first-order valence-electron chi connectivity index (χ1n) is 12.2. The number of carbonyl (C=O) groups excluding carboxylic acids is 3. The molecule has 0 aromatic heterocycles. The number of rotatable bonds is 8. The number of carbonyl (C=O) groups is 3. The highest BCUT2D eigenvalue weighted by molar-refractivity contribution is 5.99. The highest BCUT2D eigenvalue weighted by Gasteiger charge is 2.40. The zero-order valence-corrected chi connectivity index (χ0v) is 21.0. The van der Waals surface area contributed by atoms with Crippen LogP contribution in [0.15, 0.2) is 84.9 Å². The maximum Gasteiger partial charge on any atom is 0.410 e. The molecule has 192 valence electrons. The molecular formula is C29H31N3O5. The van der Waals surface area contributed by atoms with E-state index >= 15 is 0 Å². The fraction of sp³-hybridized carbons (Fsp3) is 0.276. The average molecular weight is 502 g/mol. The summed E-state index contributed by atoms with van der Waals surface area (Å²) in [6.07, 6.45) is 0.649. The minimum atomic E-state index is -0.890. The van der Waals surface area contributed by atoms with Crippen LogP contribution in [0.25, 0.3) is 0 Å². The number of nitrogens with one attached hydrogen (secondary N) is 1.